The van der Waals surface area contributed by atoms with E-state index in [4.69, 9.17) is 10.5 Å². The maximum Gasteiger partial charge on any atom is 0.340 e. The van der Waals surface area contributed by atoms with Crippen LogP contribution in [0.15, 0.2) is 60.8 Å². The van der Waals surface area contributed by atoms with Crippen molar-refractivity contribution in [1.29, 1.82) is 0 Å². The minimum Gasteiger partial charge on any atom is -0.456 e. The number of primary amides is 1. The topological polar surface area (TPSA) is 103 Å². The Balaban J connectivity index is 1.80. The van der Waals surface area contributed by atoms with E-state index in [1.807, 2.05) is 30.3 Å². The molecule has 2 aromatic carbocycles. The largest absolute Gasteiger partial charge is 0.456 e. The highest BCUT2D eigenvalue weighted by atomic mass is 19.1. The molecule has 0 fully saturated rings. The van der Waals surface area contributed by atoms with Crippen molar-refractivity contribution < 1.29 is 23.8 Å². The molecule has 0 aliphatic heterocycles. The van der Waals surface area contributed by atoms with Crippen molar-refractivity contribution >= 4 is 22.8 Å². The summed E-state index contributed by atoms with van der Waals surface area (Å²) in [4.78, 5) is 29.0. The number of aliphatic hydroxyl groups excluding tert-OH is 1. The molecule has 3 rings (SSSR count). The van der Waals surface area contributed by atoms with Crippen molar-refractivity contribution in [1.82, 2.24) is 4.98 Å². The number of hydrogen-bond acceptors (Lipinski definition) is 5. The number of pyridine rings is 1. The Hall–Kier alpha value is -3.32. The van der Waals surface area contributed by atoms with Crippen LogP contribution in [0.5, 0.6) is 0 Å². The number of fused-ring (bicyclic) bond motifs is 1. The number of carbonyl (C=O) groups is 2. The average Bonchev–Trinajstić information content (AvgIpc) is 2.81. The number of hydrogen-bond donors (Lipinski definition) is 2. The molecule has 3 atom stereocenters. The Kier molecular flexibility index (Phi) is 8.71. The zero-order valence-electron chi connectivity index (χ0n) is 19.5. The lowest BCUT2D eigenvalue weighted by atomic mass is 9.89. The van der Waals surface area contributed by atoms with E-state index in [-0.39, 0.29) is 23.9 Å². The monoisotopic (exact) mass is 466 g/mol. The molecule has 0 spiro atoms. The second kappa shape index (κ2) is 11.7. The highest BCUT2D eigenvalue weighted by molar-refractivity contribution is 5.93. The first-order valence-electron chi connectivity index (χ1n) is 11.5. The summed E-state index contributed by atoms with van der Waals surface area (Å²) in [5.41, 5.74) is 6.77. The van der Waals surface area contributed by atoms with Gasteiger partial charge in [-0.3, -0.25) is 9.78 Å². The number of ether oxygens (including phenoxy) is 1. The summed E-state index contributed by atoms with van der Waals surface area (Å²) < 4.78 is 19.6. The zero-order chi connectivity index (χ0) is 24.7. The fraction of sp³-hybridized carbons (Fsp3) is 0.370. The molecule has 0 radical (unpaired) electrons. The van der Waals surface area contributed by atoms with E-state index in [1.165, 1.54) is 24.4 Å². The Morgan fingerprint density at radius 2 is 1.82 bits per heavy atom. The Labute approximate surface area is 199 Å². The summed E-state index contributed by atoms with van der Waals surface area (Å²) in [7, 11) is 0. The highest BCUT2D eigenvalue weighted by Crippen LogP contribution is 2.23. The second-order valence-electron chi connectivity index (χ2n) is 9.04. The van der Waals surface area contributed by atoms with Gasteiger partial charge in [-0.1, -0.05) is 62.7 Å². The number of amides is 1. The summed E-state index contributed by atoms with van der Waals surface area (Å²) in [5, 5.41) is 11.5. The van der Waals surface area contributed by atoms with Crippen LogP contribution < -0.4 is 5.73 Å². The Morgan fingerprint density at radius 3 is 2.50 bits per heavy atom. The number of nitrogens with two attached hydrogens (primary N) is 1. The van der Waals surface area contributed by atoms with Crippen LogP contribution in [0.1, 0.15) is 49.0 Å². The molecule has 0 unspecified atom stereocenters. The molecule has 3 aromatic rings. The maximum absolute atomic E-state index is 13.9. The lowest BCUT2D eigenvalue weighted by molar-refractivity contribution is -0.123. The lowest BCUT2D eigenvalue weighted by Crippen LogP contribution is -2.37. The minimum absolute atomic E-state index is 0.0913. The summed E-state index contributed by atoms with van der Waals surface area (Å²) >= 11 is 0. The van der Waals surface area contributed by atoms with Crippen molar-refractivity contribution in [2.75, 3.05) is 0 Å². The van der Waals surface area contributed by atoms with Crippen molar-refractivity contribution in [2.24, 2.45) is 17.6 Å². The number of esters is 1. The number of aliphatic hydroxyl groups is 1. The number of para-hydroxylation sites is 1. The summed E-state index contributed by atoms with van der Waals surface area (Å²) in [6, 6.07) is 15.3. The number of rotatable bonds is 11. The molecule has 1 amide bonds. The van der Waals surface area contributed by atoms with Gasteiger partial charge in [0.2, 0.25) is 5.91 Å². The van der Waals surface area contributed by atoms with Gasteiger partial charge in [-0.2, -0.15) is 0 Å². The first-order valence-corrected chi connectivity index (χ1v) is 11.5. The van der Waals surface area contributed by atoms with E-state index in [9.17, 15) is 19.1 Å². The predicted octanol–water partition coefficient (Wildman–Crippen LogP) is 4.43. The van der Waals surface area contributed by atoms with Crippen molar-refractivity contribution in [3.05, 3.63) is 77.7 Å². The fourth-order valence-corrected chi connectivity index (χ4v) is 3.90. The van der Waals surface area contributed by atoms with Crippen LogP contribution in [-0.4, -0.2) is 34.2 Å². The molecule has 6 nitrogen and oxygen atoms in total. The molecule has 0 saturated carbocycles. The smallest absolute Gasteiger partial charge is 0.340 e. The lowest BCUT2D eigenvalue weighted by Gasteiger charge is -2.26. The third-order valence-electron chi connectivity index (χ3n) is 5.89. The van der Waals surface area contributed by atoms with E-state index in [0.717, 1.165) is 12.0 Å². The fourth-order valence-electron chi connectivity index (χ4n) is 3.90. The molecule has 0 aliphatic rings. The third kappa shape index (κ3) is 6.84. The van der Waals surface area contributed by atoms with Gasteiger partial charge in [0.1, 0.15) is 17.4 Å². The van der Waals surface area contributed by atoms with Gasteiger partial charge in [0.05, 0.1) is 11.7 Å². The maximum atomic E-state index is 13.9. The van der Waals surface area contributed by atoms with Crippen LogP contribution in [0.2, 0.25) is 0 Å². The number of carbonyl (C=O) groups excluding carboxylic acids is 2. The Bertz CT molecular complexity index is 1120. The number of benzene rings is 2. The molecule has 1 aromatic heterocycles. The first-order chi connectivity index (χ1) is 16.2. The first kappa shape index (κ1) is 25.3. The number of nitrogens with zero attached hydrogens (tertiary/aromatic N) is 1. The molecule has 0 aliphatic carbocycles. The van der Waals surface area contributed by atoms with E-state index in [2.05, 4.69) is 18.8 Å². The van der Waals surface area contributed by atoms with E-state index < -0.39 is 35.8 Å². The van der Waals surface area contributed by atoms with Crippen LogP contribution in [0.3, 0.4) is 0 Å². The SMILES string of the molecule is CC(C)CC[C@H](C[C@H](O)[C@H](Cc1ccccc1)OC(=O)c1cnc2c(F)cccc2c1)C(N)=O. The summed E-state index contributed by atoms with van der Waals surface area (Å²) in [6.07, 6.45) is 0.958. The number of halogens is 1. The summed E-state index contributed by atoms with van der Waals surface area (Å²) in [6.45, 7) is 4.11. The third-order valence-corrected chi connectivity index (χ3v) is 5.89. The highest BCUT2D eigenvalue weighted by Gasteiger charge is 2.29. The van der Waals surface area contributed by atoms with E-state index >= 15 is 0 Å². The van der Waals surface area contributed by atoms with Gasteiger partial charge < -0.3 is 15.6 Å². The van der Waals surface area contributed by atoms with Crippen LogP contribution in [0.4, 0.5) is 4.39 Å². The van der Waals surface area contributed by atoms with Crippen molar-refractivity contribution in [2.45, 2.75) is 51.7 Å². The summed E-state index contributed by atoms with van der Waals surface area (Å²) in [5.74, 6) is -1.78. The van der Waals surface area contributed by atoms with Crippen LogP contribution in [0, 0.1) is 17.7 Å². The van der Waals surface area contributed by atoms with Gasteiger partial charge in [0.15, 0.2) is 0 Å². The minimum atomic E-state index is -1.10. The van der Waals surface area contributed by atoms with Crippen LogP contribution in [0.25, 0.3) is 10.9 Å². The quantitative estimate of drug-likeness (QED) is 0.407. The zero-order valence-corrected chi connectivity index (χ0v) is 19.5. The van der Waals surface area contributed by atoms with Gasteiger partial charge >= 0.3 is 5.97 Å². The second-order valence-corrected chi connectivity index (χ2v) is 9.04. The van der Waals surface area contributed by atoms with Gasteiger partial charge in [-0.25, -0.2) is 9.18 Å². The molecular formula is C27H31FN2O4. The van der Waals surface area contributed by atoms with Crippen LogP contribution in [-0.2, 0) is 16.0 Å². The number of aromatic nitrogens is 1. The van der Waals surface area contributed by atoms with Gasteiger partial charge in [0, 0.05) is 23.9 Å². The average molecular weight is 467 g/mol. The van der Waals surface area contributed by atoms with Gasteiger partial charge in [-0.05, 0) is 36.5 Å². The van der Waals surface area contributed by atoms with E-state index in [1.54, 1.807) is 6.07 Å². The molecule has 0 saturated heterocycles. The molecule has 180 valence electrons. The molecular weight excluding hydrogens is 435 g/mol. The predicted molar refractivity (Wildman–Crippen MR) is 128 cm³/mol. The molecule has 0 bridgehead atoms. The van der Waals surface area contributed by atoms with Crippen molar-refractivity contribution in [3.63, 3.8) is 0 Å². The van der Waals surface area contributed by atoms with Crippen molar-refractivity contribution in [3.8, 4) is 0 Å². The Morgan fingerprint density at radius 1 is 1.09 bits per heavy atom. The normalized spacial score (nSPS) is 14.0. The molecule has 3 N–H and O–H groups in total. The molecule has 7 heteroatoms. The van der Waals surface area contributed by atoms with Crippen LogP contribution >= 0.6 is 0 Å². The van der Waals surface area contributed by atoms with Gasteiger partial charge in [-0.15, -0.1) is 0 Å². The van der Waals surface area contributed by atoms with Gasteiger partial charge in [0.25, 0.3) is 0 Å². The van der Waals surface area contributed by atoms with E-state index in [0.29, 0.717) is 17.7 Å². The molecule has 34 heavy (non-hydrogen) atoms. The standard InChI is InChI=1S/C27H31FN2O4/c1-17(2)11-12-20(26(29)32)15-23(31)24(13-18-7-4-3-5-8-18)34-27(33)21-14-19-9-6-10-22(28)25(19)30-16-21/h3-10,14,16-17,20,23-24,31H,11-13,15H2,1-2H3,(H2,29,32)/t20-,23+,24+/m1/s1. The molecule has 1 heterocycles.